The Bertz CT molecular complexity index is 423. The third kappa shape index (κ3) is 2.95. The van der Waals surface area contributed by atoms with E-state index in [4.69, 9.17) is 0 Å². The first kappa shape index (κ1) is 14.9. The third-order valence-corrected chi connectivity index (χ3v) is 5.27. The van der Waals surface area contributed by atoms with E-state index in [0.717, 1.165) is 38.6 Å². The molecule has 1 N–H and O–H groups in total. The first-order valence-electron chi connectivity index (χ1n) is 8.65. The van der Waals surface area contributed by atoms with Crippen LogP contribution in [-0.4, -0.2) is 34.8 Å². The molecule has 2 saturated carbocycles. The number of nitrogens with zero attached hydrogens (tertiary/aromatic N) is 1. The average molecular weight is 292 g/mol. The fourth-order valence-corrected chi connectivity index (χ4v) is 3.89. The van der Waals surface area contributed by atoms with Gasteiger partial charge in [0.25, 0.3) is 0 Å². The Hall–Kier alpha value is -1.06. The van der Waals surface area contributed by atoms with Gasteiger partial charge in [0.1, 0.15) is 11.6 Å². The molecule has 1 spiro atoms. The molecule has 21 heavy (non-hydrogen) atoms. The normalized spacial score (nSPS) is 29.1. The summed E-state index contributed by atoms with van der Waals surface area (Å²) in [5.74, 6) is 1.36. The van der Waals surface area contributed by atoms with E-state index in [-0.39, 0.29) is 17.9 Å². The Labute approximate surface area is 127 Å². The second kappa shape index (κ2) is 5.62. The van der Waals surface area contributed by atoms with Crippen molar-refractivity contribution in [1.82, 2.24) is 10.2 Å². The van der Waals surface area contributed by atoms with Crippen LogP contribution in [0.4, 0.5) is 0 Å². The van der Waals surface area contributed by atoms with Crippen LogP contribution in [0, 0.1) is 11.8 Å². The lowest BCUT2D eigenvalue weighted by Gasteiger charge is -2.48. The number of amides is 2. The molecule has 0 aromatic carbocycles. The van der Waals surface area contributed by atoms with E-state index in [1.165, 1.54) is 19.3 Å². The summed E-state index contributed by atoms with van der Waals surface area (Å²) in [5.41, 5.74) is -0.572. The van der Waals surface area contributed by atoms with E-state index in [9.17, 15) is 9.59 Å². The molecule has 0 aromatic rings. The lowest BCUT2D eigenvalue weighted by Crippen LogP contribution is -2.71. The number of carbonyl (C=O) groups excluding carboxylic acids is 2. The van der Waals surface area contributed by atoms with Crippen LogP contribution in [0.15, 0.2) is 0 Å². The molecule has 2 aliphatic carbocycles. The second-order valence-electron chi connectivity index (χ2n) is 7.68. The standard InChI is InChI=1S/C17H28N2O2/c1-12(2)10-14-15(20)18-17(8-4-3-5-9-17)16(21)19(14)11-13-6-7-13/h12-14H,3-11H2,1-2H3,(H,18,20). The van der Waals surface area contributed by atoms with E-state index in [0.29, 0.717) is 11.8 Å². The van der Waals surface area contributed by atoms with Gasteiger partial charge in [-0.3, -0.25) is 9.59 Å². The molecule has 3 fully saturated rings. The van der Waals surface area contributed by atoms with E-state index in [1.54, 1.807) is 0 Å². The summed E-state index contributed by atoms with van der Waals surface area (Å²) in [6.45, 7) is 5.04. The zero-order valence-corrected chi connectivity index (χ0v) is 13.4. The maximum Gasteiger partial charge on any atom is 0.249 e. The minimum Gasteiger partial charge on any atom is -0.340 e. The average Bonchev–Trinajstić information content (AvgIpc) is 3.25. The van der Waals surface area contributed by atoms with Crippen LogP contribution in [0.3, 0.4) is 0 Å². The van der Waals surface area contributed by atoms with Gasteiger partial charge in [-0.15, -0.1) is 0 Å². The Morgan fingerprint density at radius 2 is 1.86 bits per heavy atom. The van der Waals surface area contributed by atoms with Crippen LogP contribution in [0.25, 0.3) is 0 Å². The summed E-state index contributed by atoms with van der Waals surface area (Å²) in [6.07, 6.45) is 8.15. The number of piperazine rings is 1. The first-order chi connectivity index (χ1) is 10.0. The highest BCUT2D eigenvalue weighted by Crippen LogP contribution is 2.37. The van der Waals surface area contributed by atoms with Gasteiger partial charge < -0.3 is 10.2 Å². The fraction of sp³-hybridized carbons (Fsp3) is 0.882. The van der Waals surface area contributed by atoms with Gasteiger partial charge >= 0.3 is 0 Å². The van der Waals surface area contributed by atoms with Crippen LogP contribution in [-0.2, 0) is 9.59 Å². The lowest BCUT2D eigenvalue weighted by molar-refractivity contribution is -0.157. The number of hydrogen-bond donors (Lipinski definition) is 1. The quantitative estimate of drug-likeness (QED) is 0.865. The van der Waals surface area contributed by atoms with Crippen LogP contribution in [0.5, 0.6) is 0 Å². The first-order valence-corrected chi connectivity index (χ1v) is 8.65. The monoisotopic (exact) mass is 292 g/mol. The van der Waals surface area contributed by atoms with Crippen molar-refractivity contribution in [2.24, 2.45) is 11.8 Å². The smallest absolute Gasteiger partial charge is 0.249 e. The molecule has 1 heterocycles. The van der Waals surface area contributed by atoms with E-state index >= 15 is 0 Å². The van der Waals surface area contributed by atoms with Crippen molar-refractivity contribution in [3.63, 3.8) is 0 Å². The Kier molecular flexibility index (Phi) is 3.98. The summed E-state index contributed by atoms with van der Waals surface area (Å²) >= 11 is 0. The van der Waals surface area contributed by atoms with Crippen molar-refractivity contribution in [2.75, 3.05) is 6.54 Å². The molecule has 118 valence electrons. The van der Waals surface area contributed by atoms with Crippen LogP contribution in [0.2, 0.25) is 0 Å². The molecule has 0 bridgehead atoms. The van der Waals surface area contributed by atoms with Crippen molar-refractivity contribution < 1.29 is 9.59 Å². The van der Waals surface area contributed by atoms with Gasteiger partial charge in [0.05, 0.1) is 0 Å². The molecule has 2 amide bonds. The molecule has 1 saturated heterocycles. The Balaban J connectivity index is 1.83. The fourth-order valence-electron chi connectivity index (χ4n) is 3.89. The van der Waals surface area contributed by atoms with Crippen LogP contribution < -0.4 is 5.32 Å². The zero-order chi connectivity index (χ0) is 15.0. The topological polar surface area (TPSA) is 49.4 Å². The molecule has 4 heteroatoms. The molecule has 0 radical (unpaired) electrons. The Morgan fingerprint density at radius 1 is 1.19 bits per heavy atom. The molecular weight excluding hydrogens is 264 g/mol. The SMILES string of the molecule is CC(C)CC1C(=O)NC2(CCCCC2)C(=O)N1CC1CC1. The molecular formula is C17H28N2O2. The van der Waals surface area contributed by atoms with Crippen molar-refractivity contribution in [3.05, 3.63) is 0 Å². The van der Waals surface area contributed by atoms with Crippen molar-refractivity contribution >= 4 is 11.8 Å². The highest BCUT2D eigenvalue weighted by atomic mass is 16.2. The maximum atomic E-state index is 13.1. The van der Waals surface area contributed by atoms with Crippen molar-refractivity contribution in [1.29, 1.82) is 0 Å². The minimum atomic E-state index is -0.572. The highest BCUT2D eigenvalue weighted by molar-refractivity contribution is 6.00. The molecule has 1 unspecified atom stereocenters. The molecule has 3 aliphatic rings. The van der Waals surface area contributed by atoms with Crippen LogP contribution in [0.1, 0.15) is 65.2 Å². The lowest BCUT2D eigenvalue weighted by atomic mass is 9.78. The largest absolute Gasteiger partial charge is 0.340 e. The summed E-state index contributed by atoms with van der Waals surface area (Å²) in [4.78, 5) is 27.7. The van der Waals surface area contributed by atoms with Gasteiger partial charge in [-0.1, -0.05) is 33.1 Å². The Morgan fingerprint density at radius 3 is 2.43 bits per heavy atom. The van der Waals surface area contributed by atoms with Gasteiger partial charge in [-0.05, 0) is 43.9 Å². The summed E-state index contributed by atoms with van der Waals surface area (Å²) < 4.78 is 0. The second-order valence-corrected chi connectivity index (χ2v) is 7.68. The molecule has 4 nitrogen and oxygen atoms in total. The number of carbonyl (C=O) groups is 2. The van der Waals surface area contributed by atoms with Gasteiger partial charge in [0, 0.05) is 6.54 Å². The van der Waals surface area contributed by atoms with Gasteiger partial charge in [-0.25, -0.2) is 0 Å². The number of rotatable bonds is 4. The summed E-state index contributed by atoms with van der Waals surface area (Å²) in [5, 5.41) is 3.13. The van der Waals surface area contributed by atoms with Crippen molar-refractivity contribution in [2.45, 2.75) is 76.8 Å². The van der Waals surface area contributed by atoms with Gasteiger partial charge in [-0.2, -0.15) is 0 Å². The van der Waals surface area contributed by atoms with E-state index in [1.807, 2.05) is 4.90 Å². The molecule has 3 rings (SSSR count). The highest BCUT2D eigenvalue weighted by Gasteiger charge is 2.51. The van der Waals surface area contributed by atoms with E-state index in [2.05, 4.69) is 19.2 Å². The van der Waals surface area contributed by atoms with Crippen LogP contribution >= 0.6 is 0 Å². The third-order valence-electron chi connectivity index (χ3n) is 5.27. The predicted octanol–water partition coefficient (Wildman–Crippen LogP) is 2.47. The van der Waals surface area contributed by atoms with E-state index < -0.39 is 5.54 Å². The molecule has 0 aromatic heterocycles. The predicted molar refractivity (Wildman–Crippen MR) is 81.6 cm³/mol. The maximum absolute atomic E-state index is 13.1. The zero-order valence-electron chi connectivity index (χ0n) is 13.4. The van der Waals surface area contributed by atoms with Gasteiger partial charge in [0.15, 0.2) is 0 Å². The summed E-state index contributed by atoms with van der Waals surface area (Å²) in [7, 11) is 0. The van der Waals surface area contributed by atoms with Crippen molar-refractivity contribution in [3.8, 4) is 0 Å². The minimum absolute atomic E-state index is 0.0888. The molecule has 1 atom stereocenters. The number of nitrogens with one attached hydrogen (secondary N) is 1. The molecule has 1 aliphatic heterocycles. The number of hydrogen-bond acceptors (Lipinski definition) is 2. The van der Waals surface area contributed by atoms with Gasteiger partial charge in [0.2, 0.25) is 11.8 Å². The summed E-state index contributed by atoms with van der Waals surface area (Å²) in [6, 6.07) is -0.245.